The van der Waals surface area contributed by atoms with E-state index >= 15 is 0 Å². The molecule has 0 fully saturated rings. The summed E-state index contributed by atoms with van der Waals surface area (Å²) in [6, 6.07) is 58.1. The fourth-order valence-corrected chi connectivity index (χ4v) is 6.03. The van der Waals surface area contributed by atoms with Crippen LogP contribution in [0.4, 0.5) is 34.1 Å². The highest BCUT2D eigenvalue weighted by Crippen LogP contribution is 2.44. The van der Waals surface area contributed by atoms with Crippen LogP contribution in [-0.4, -0.2) is 0 Å². The molecule has 0 atom stereocenters. The van der Waals surface area contributed by atoms with Crippen LogP contribution in [0, 0.1) is 0 Å². The van der Waals surface area contributed by atoms with Crippen LogP contribution in [0.2, 0.25) is 0 Å². The van der Waals surface area contributed by atoms with Crippen molar-refractivity contribution < 1.29 is 0 Å². The second kappa shape index (κ2) is 11.0. The molecule has 0 spiro atoms. The van der Waals surface area contributed by atoms with E-state index < -0.39 is 0 Å². The predicted octanol–water partition coefficient (Wildman–Crippen LogP) is 11.7. The van der Waals surface area contributed by atoms with E-state index in [4.69, 9.17) is 0 Å². The van der Waals surface area contributed by atoms with Crippen LogP contribution >= 0.6 is 15.9 Å². The Balaban J connectivity index is 1.47. The lowest BCUT2D eigenvalue weighted by Gasteiger charge is -2.30. The summed E-state index contributed by atoms with van der Waals surface area (Å²) in [7, 11) is 0. The molecule has 0 aliphatic carbocycles. The molecule has 0 saturated carbocycles. The number of benzene rings is 7. The summed E-state index contributed by atoms with van der Waals surface area (Å²) in [5.41, 5.74) is 6.58. The highest BCUT2D eigenvalue weighted by Gasteiger charge is 2.20. The van der Waals surface area contributed by atoms with Gasteiger partial charge in [-0.25, -0.2) is 0 Å². The van der Waals surface area contributed by atoms with Crippen molar-refractivity contribution in [2.75, 3.05) is 9.80 Å². The zero-order valence-corrected chi connectivity index (χ0v) is 23.9. The summed E-state index contributed by atoms with van der Waals surface area (Å²) in [4.78, 5) is 4.67. The molecule has 3 heteroatoms. The maximum atomic E-state index is 3.88. The molecule has 0 unspecified atom stereocenters. The molecule has 0 amide bonds. The van der Waals surface area contributed by atoms with Gasteiger partial charge in [-0.3, -0.25) is 0 Å². The molecule has 0 aromatic heterocycles. The molecule has 7 aromatic carbocycles. The second-order valence-corrected chi connectivity index (χ2v) is 11.0. The number of para-hydroxylation sites is 2. The average Bonchev–Trinajstić information content (AvgIpc) is 3.02. The Kier molecular flexibility index (Phi) is 6.72. The van der Waals surface area contributed by atoms with Crippen LogP contribution in [0.15, 0.2) is 168 Å². The van der Waals surface area contributed by atoms with Gasteiger partial charge < -0.3 is 9.80 Å². The molecule has 0 N–H and O–H groups in total. The lowest BCUT2D eigenvalue weighted by molar-refractivity contribution is 1.25. The molecule has 0 aliphatic rings. The van der Waals surface area contributed by atoms with Crippen LogP contribution in [-0.2, 0) is 0 Å². The fraction of sp³-hybridized carbons (Fsp3) is 0. The molecule has 196 valence electrons. The van der Waals surface area contributed by atoms with Crippen LogP contribution in [0.1, 0.15) is 0 Å². The summed E-state index contributed by atoms with van der Waals surface area (Å²) < 4.78 is 1.01. The van der Waals surface area contributed by atoms with Crippen molar-refractivity contribution in [3.63, 3.8) is 0 Å². The van der Waals surface area contributed by atoms with E-state index in [1.807, 2.05) is 0 Å². The highest BCUT2D eigenvalue weighted by molar-refractivity contribution is 9.10. The van der Waals surface area contributed by atoms with E-state index in [1.54, 1.807) is 0 Å². The number of fused-ring (bicyclic) bond motifs is 2. The largest absolute Gasteiger partial charge is 0.310 e. The van der Waals surface area contributed by atoms with E-state index in [0.717, 1.165) is 38.6 Å². The van der Waals surface area contributed by atoms with E-state index in [2.05, 4.69) is 190 Å². The minimum Gasteiger partial charge on any atom is -0.310 e. The van der Waals surface area contributed by atoms with Crippen molar-refractivity contribution in [2.24, 2.45) is 0 Å². The number of anilines is 6. The van der Waals surface area contributed by atoms with Gasteiger partial charge in [0.05, 0.1) is 5.69 Å². The zero-order valence-electron chi connectivity index (χ0n) is 22.4. The summed E-state index contributed by atoms with van der Waals surface area (Å²) >= 11 is 3.88. The molecule has 0 radical (unpaired) electrons. The number of nitrogens with zero attached hydrogens (tertiary/aromatic N) is 2. The SMILES string of the molecule is Brc1cc(N(c2ccccc2)c2ccccc2)cc(N(c2ccc3ccccc3c2)c2cccc3ccccc23)c1. The molecule has 0 bridgehead atoms. The topological polar surface area (TPSA) is 6.48 Å². The van der Waals surface area contributed by atoms with Crippen LogP contribution in [0.5, 0.6) is 0 Å². The summed E-state index contributed by atoms with van der Waals surface area (Å²) in [6.45, 7) is 0. The van der Waals surface area contributed by atoms with Gasteiger partial charge in [0.2, 0.25) is 0 Å². The van der Waals surface area contributed by atoms with Gasteiger partial charge in [0, 0.05) is 38.3 Å². The van der Waals surface area contributed by atoms with Crippen LogP contribution < -0.4 is 9.80 Å². The molecule has 2 nitrogen and oxygen atoms in total. The standard InChI is InChI=1S/C38H27BrN2/c39-31-25-35(40(32-16-3-1-4-17-32)33-18-5-2-6-19-33)27-36(26-31)41(34-23-22-28-12-7-8-14-30(28)24-34)38-21-11-15-29-13-9-10-20-37(29)38/h1-27H. The molecular weight excluding hydrogens is 564 g/mol. The third-order valence-corrected chi connectivity index (χ3v) is 7.87. The Morgan fingerprint density at radius 2 is 0.902 bits per heavy atom. The Labute approximate surface area is 248 Å². The zero-order chi connectivity index (χ0) is 27.6. The predicted molar refractivity (Wildman–Crippen MR) is 179 cm³/mol. The van der Waals surface area contributed by atoms with Gasteiger partial charge in [-0.15, -0.1) is 0 Å². The Morgan fingerprint density at radius 3 is 1.61 bits per heavy atom. The van der Waals surface area contributed by atoms with Crippen LogP contribution in [0.25, 0.3) is 21.5 Å². The van der Waals surface area contributed by atoms with Gasteiger partial charge in [-0.1, -0.05) is 119 Å². The van der Waals surface area contributed by atoms with Gasteiger partial charge in [0.15, 0.2) is 0 Å². The molecule has 7 rings (SSSR count). The summed E-state index contributed by atoms with van der Waals surface area (Å²) in [5, 5.41) is 4.85. The number of hydrogen-bond donors (Lipinski definition) is 0. The Morgan fingerprint density at radius 1 is 0.341 bits per heavy atom. The minimum absolute atomic E-state index is 1.01. The fourth-order valence-electron chi connectivity index (χ4n) is 5.56. The maximum Gasteiger partial charge on any atom is 0.0540 e. The van der Waals surface area contributed by atoms with Crippen molar-refractivity contribution in [2.45, 2.75) is 0 Å². The van der Waals surface area contributed by atoms with Crippen molar-refractivity contribution in [3.05, 3.63) is 168 Å². The number of rotatable bonds is 6. The smallest absolute Gasteiger partial charge is 0.0540 e. The van der Waals surface area contributed by atoms with Gasteiger partial charge in [-0.05, 0) is 76.8 Å². The van der Waals surface area contributed by atoms with Crippen molar-refractivity contribution in [1.29, 1.82) is 0 Å². The van der Waals surface area contributed by atoms with Crippen molar-refractivity contribution in [3.8, 4) is 0 Å². The first kappa shape index (κ1) is 25.1. The average molecular weight is 592 g/mol. The van der Waals surface area contributed by atoms with Gasteiger partial charge >= 0.3 is 0 Å². The summed E-state index contributed by atoms with van der Waals surface area (Å²) in [6.07, 6.45) is 0. The number of hydrogen-bond acceptors (Lipinski definition) is 2. The van der Waals surface area contributed by atoms with Crippen LogP contribution in [0.3, 0.4) is 0 Å². The van der Waals surface area contributed by atoms with Crippen molar-refractivity contribution >= 4 is 71.6 Å². The normalized spacial score (nSPS) is 11.0. The second-order valence-electron chi connectivity index (χ2n) is 10.0. The summed E-state index contributed by atoms with van der Waals surface area (Å²) in [5.74, 6) is 0. The van der Waals surface area contributed by atoms with Gasteiger partial charge in [0.1, 0.15) is 0 Å². The van der Waals surface area contributed by atoms with E-state index in [1.165, 1.54) is 21.5 Å². The van der Waals surface area contributed by atoms with Gasteiger partial charge in [-0.2, -0.15) is 0 Å². The van der Waals surface area contributed by atoms with E-state index in [-0.39, 0.29) is 0 Å². The molecule has 0 aliphatic heterocycles. The maximum absolute atomic E-state index is 3.88. The number of halogens is 1. The first-order chi connectivity index (χ1) is 20.2. The van der Waals surface area contributed by atoms with E-state index in [9.17, 15) is 0 Å². The Bertz CT molecular complexity index is 1920. The minimum atomic E-state index is 1.01. The quantitative estimate of drug-likeness (QED) is 0.190. The molecule has 41 heavy (non-hydrogen) atoms. The first-order valence-electron chi connectivity index (χ1n) is 13.7. The monoisotopic (exact) mass is 590 g/mol. The van der Waals surface area contributed by atoms with Gasteiger partial charge in [0.25, 0.3) is 0 Å². The lowest BCUT2D eigenvalue weighted by Crippen LogP contribution is -2.13. The molecule has 0 heterocycles. The lowest BCUT2D eigenvalue weighted by atomic mass is 10.0. The molecular formula is C38H27BrN2. The van der Waals surface area contributed by atoms with Crippen molar-refractivity contribution in [1.82, 2.24) is 0 Å². The third kappa shape index (κ3) is 4.97. The molecule has 7 aromatic rings. The highest BCUT2D eigenvalue weighted by atomic mass is 79.9. The Hall–Kier alpha value is -4.86. The first-order valence-corrected chi connectivity index (χ1v) is 14.5. The van der Waals surface area contributed by atoms with E-state index in [0.29, 0.717) is 0 Å². The third-order valence-electron chi connectivity index (χ3n) is 7.41. The molecule has 0 saturated heterocycles.